The number of hydrogen-bond acceptors (Lipinski definition) is 3. The Kier molecular flexibility index (Phi) is 3.13. The van der Waals surface area contributed by atoms with Crippen LogP contribution in [0, 0.1) is 0 Å². The summed E-state index contributed by atoms with van der Waals surface area (Å²) in [5.74, 6) is -0.0711. The molecule has 3 aromatic rings. The van der Waals surface area contributed by atoms with E-state index in [9.17, 15) is 4.79 Å². The first kappa shape index (κ1) is 12.3. The lowest BCUT2D eigenvalue weighted by Gasteiger charge is -2.00. The second-order valence-corrected chi connectivity index (χ2v) is 4.39. The van der Waals surface area contributed by atoms with Gasteiger partial charge in [-0.3, -0.25) is 4.79 Å². The van der Waals surface area contributed by atoms with Crippen molar-refractivity contribution in [3.05, 3.63) is 60.4 Å². The first-order valence-corrected chi connectivity index (χ1v) is 6.36. The molecule has 0 atom stereocenters. The van der Waals surface area contributed by atoms with E-state index in [-0.39, 0.29) is 5.78 Å². The highest BCUT2D eigenvalue weighted by Crippen LogP contribution is 2.21. The van der Waals surface area contributed by atoms with Gasteiger partial charge >= 0.3 is 0 Å². The molecule has 0 unspecified atom stereocenters. The van der Waals surface area contributed by atoms with E-state index >= 15 is 0 Å². The number of nitrogens with one attached hydrogen (secondary N) is 1. The molecule has 3 rings (SSSR count). The molecule has 0 saturated heterocycles. The van der Waals surface area contributed by atoms with Crippen LogP contribution in [-0.4, -0.2) is 20.7 Å². The molecule has 0 radical (unpaired) electrons. The van der Waals surface area contributed by atoms with Gasteiger partial charge in [-0.25, -0.2) is 9.97 Å². The number of H-pyrrole nitrogens is 1. The summed E-state index contributed by atoms with van der Waals surface area (Å²) in [7, 11) is 0. The summed E-state index contributed by atoms with van der Waals surface area (Å²) in [6.45, 7) is 1.81. The van der Waals surface area contributed by atoms with Gasteiger partial charge in [-0.1, -0.05) is 36.4 Å². The predicted octanol–water partition coefficient (Wildman–Crippen LogP) is 3.38. The van der Waals surface area contributed by atoms with Gasteiger partial charge in [-0.15, -0.1) is 0 Å². The zero-order valence-electron chi connectivity index (χ0n) is 11.0. The van der Waals surface area contributed by atoms with E-state index in [1.54, 1.807) is 18.5 Å². The van der Waals surface area contributed by atoms with Gasteiger partial charge in [0, 0.05) is 11.8 Å². The summed E-state index contributed by atoms with van der Waals surface area (Å²) in [5, 5.41) is 0. The molecule has 0 bridgehead atoms. The zero-order valence-corrected chi connectivity index (χ0v) is 11.0. The number of ketones is 1. The van der Waals surface area contributed by atoms with Crippen LogP contribution < -0.4 is 0 Å². The predicted molar refractivity (Wildman–Crippen MR) is 78.5 cm³/mol. The first-order valence-electron chi connectivity index (χ1n) is 6.36. The lowest BCUT2D eigenvalue weighted by atomic mass is 10.1. The number of fused-ring (bicyclic) bond motifs is 1. The van der Waals surface area contributed by atoms with Crippen molar-refractivity contribution in [3.63, 3.8) is 0 Å². The maximum Gasteiger partial charge on any atom is 0.189 e. The zero-order chi connectivity index (χ0) is 13.9. The van der Waals surface area contributed by atoms with Crippen molar-refractivity contribution in [2.75, 3.05) is 0 Å². The summed E-state index contributed by atoms with van der Waals surface area (Å²) in [5.41, 5.74) is 3.51. The third kappa shape index (κ3) is 2.12. The molecule has 2 heterocycles. The number of rotatable bonds is 3. The van der Waals surface area contributed by atoms with Crippen LogP contribution >= 0.6 is 0 Å². The molecule has 2 aromatic heterocycles. The Labute approximate surface area is 116 Å². The van der Waals surface area contributed by atoms with Gasteiger partial charge in [0.05, 0.1) is 17.5 Å². The van der Waals surface area contributed by atoms with Gasteiger partial charge in [0.15, 0.2) is 11.4 Å². The number of carbonyl (C=O) groups is 1. The van der Waals surface area contributed by atoms with Crippen molar-refractivity contribution < 1.29 is 4.79 Å². The minimum atomic E-state index is -0.0711. The Morgan fingerprint density at radius 1 is 1.25 bits per heavy atom. The number of carbonyl (C=O) groups excluding carboxylic acids is 1. The van der Waals surface area contributed by atoms with Crippen LogP contribution in [0.4, 0.5) is 0 Å². The minimum absolute atomic E-state index is 0.0711. The Morgan fingerprint density at radius 2 is 2.05 bits per heavy atom. The number of hydrogen-bond donors (Lipinski definition) is 1. The average molecular weight is 263 g/mol. The lowest BCUT2D eigenvalue weighted by Crippen LogP contribution is -1.95. The second kappa shape index (κ2) is 5.09. The molecular formula is C16H13N3O. The highest BCUT2D eigenvalue weighted by Gasteiger charge is 2.12. The molecule has 0 fully saturated rings. The highest BCUT2D eigenvalue weighted by molar-refractivity contribution is 6.11. The number of benzene rings is 1. The first-order chi connectivity index (χ1) is 9.79. The summed E-state index contributed by atoms with van der Waals surface area (Å²) in [6, 6.07) is 9.78. The van der Waals surface area contributed by atoms with Crippen LogP contribution in [0.5, 0.6) is 0 Å². The molecule has 4 nitrogen and oxygen atoms in total. The van der Waals surface area contributed by atoms with Crippen LogP contribution in [0.3, 0.4) is 0 Å². The molecule has 0 aliphatic heterocycles. The number of aromatic amines is 1. The van der Waals surface area contributed by atoms with Gasteiger partial charge in [-0.2, -0.15) is 0 Å². The van der Waals surface area contributed by atoms with Crippen LogP contribution in [0.1, 0.15) is 17.3 Å². The molecule has 0 aliphatic rings. The fourth-order valence-corrected chi connectivity index (χ4v) is 2.07. The smallest absolute Gasteiger partial charge is 0.189 e. The Morgan fingerprint density at radius 3 is 2.80 bits per heavy atom. The second-order valence-electron chi connectivity index (χ2n) is 4.39. The highest BCUT2D eigenvalue weighted by atomic mass is 16.1. The number of allylic oxidation sites excluding steroid dienone is 2. The van der Waals surface area contributed by atoms with Gasteiger partial charge in [0.1, 0.15) is 5.52 Å². The van der Waals surface area contributed by atoms with Gasteiger partial charge in [-0.05, 0) is 13.0 Å². The van der Waals surface area contributed by atoms with E-state index in [4.69, 9.17) is 0 Å². The summed E-state index contributed by atoms with van der Waals surface area (Å²) < 4.78 is 0. The SMILES string of the molecule is C/C=C/C(=O)c1c[nH]c2ncc(-c3ccccc3)nc12. The van der Waals surface area contributed by atoms with Crippen LogP contribution in [0.25, 0.3) is 22.4 Å². The third-order valence-electron chi connectivity index (χ3n) is 3.03. The summed E-state index contributed by atoms with van der Waals surface area (Å²) in [6.07, 6.45) is 6.61. The summed E-state index contributed by atoms with van der Waals surface area (Å²) >= 11 is 0. The van der Waals surface area contributed by atoms with Gasteiger partial charge in [0.2, 0.25) is 0 Å². The fraction of sp³-hybridized carbons (Fsp3) is 0.0625. The summed E-state index contributed by atoms with van der Waals surface area (Å²) in [4.78, 5) is 23.9. The van der Waals surface area contributed by atoms with Gasteiger partial charge in [0.25, 0.3) is 0 Å². The average Bonchev–Trinajstić information content (AvgIpc) is 2.91. The van der Waals surface area contributed by atoms with E-state index in [0.717, 1.165) is 11.3 Å². The van der Waals surface area contributed by atoms with E-state index in [2.05, 4.69) is 15.0 Å². The molecule has 0 amide bonds. The quantitative estimate of drug-likeness (QED) is 0.582. The van der Waals surface area contributed by atoms with Crippen molar-refractivity contribution in [3.8, 4) is 11.3 Å². The lowest BCUT2D eigenvalue weighted by molar-refractivity contribution is 0.104. The van der Waals surface area contributed by atoms with Crippen LogP contribution in [0.15, 0.2) is 54.9 Å². The molecule has 20 heavy (non-hydrogen) atoms. The van der Waals surface area contributed by atoms with Crippen molar-refractivity contribution in [2.45, 2.75) is 6.92 Å². The third-order valence-corrected chi connectivity index (χ3v) is 3.03. The maximum atomic E-state index is 12.0. The molecule has 1 aromatic carbocycles. The van der Waals surface area contributed by atoms with Gasteiger partial charge < -0.3 is 4.98 Å². The standard InChI is InChI=1S/C16H13N3O/c1-2-6-14(20)12-9-17-16-15(12)19-13(10-18-16)11-7-4-3-5-8-11/h2-10H,1H3,(H,17,18)/b6-2+. The monoisotopic (exact) mass is 263 g/mol. The Bertz CT molecular complexity index is 788. The minimum Gasteiger partial charge on any atom is -0.344 e. The molecule has 0 saturated carbocycles. The van der Waals surface area contributed by atoms with Crippen LogP contribution in [-0.2, 0) is 0 Å². The topological polar surface area (TPSA) is 58.6 Å². The van der Waals surface area contributed by atoms with Crippen molar-refractivity contribution in [1.82, 2.24) is 15.0 Å². The van der Waals surface area contributed by atoms with E-state index < -0.39 is 0 Å². The van der Waals surface area contributed by atoms with E-state index in [0.29, 0.717) is 16.7 Å². The largest absolute Gasteiger partial charge is 0.344 e. The van der Waals surface area contributed by atoms with Crippen molar-refractivity contribution in [2.24, 2.45) is 0 Å². The number of nitrogens with zero attached hydrogens (tertiary/aromatic N) is 2. The number of aromatic nitrogens is 3. The van der Waals surface area contributed by atoms with Crippen molar-refractivity contribution >= 4 is 16.9 Å². The Balaban J connectivity index is 2.15. The molecule has 98 valence electrons. The molecule has 0 aliphatic carbocycles. The van der Waals surface area contributed by atoms with E-state index in [1.807, 2.05) is 37.3 Å². The Hall–Kier alpha value is -2.75. The fourth-order valence-electron chi connectivity index (χ4n) is 2.07. The van der Waals surface area contributed by atoms with Crippen molar-refractivity contribution in [1.29, 1.82) is 0 Å². The molecule has 1 N–H and O–H groups in total. The molecule has 4 heteroatoms. The maximum absolute atomic E-state index is 12.0. The molecule has 0 spiro atoms. The van der Waals surface area contributed by atoms with Crippen LogP contribution in [0.2, 0.25) is 0 Å². The normalized spacial score (nSPS) is 11.2. The van der Waals surface area contributed by atoms with E-state index in [1.165, 1.54) is 6.08 Å². The molecular weight excluding hydrogens is 250 g/mol.